The lowest BCUT2D eigenvalue weighted by Crippen LogP contribution is -2.28. The minimum atomic E-state index is 0.129. The van der Waals surface area contributed by atoms with Crippen molar-refractivity contribution in [3.63, 3.8) is 0 Å². The van der Waals surface area contributed by atoms with E-state index < -0.39 is 0 Å². The van der Waals surface area contributed by atoms with E-state index in [4.69, 9.17) is 5.84 Å². The molecule has 1 unspecified atom stereocenters. The van der Waals surface area contributed by atoms with Crippen molar-refractivity contribution >= 4 is 0 Å². The first-order chi connectivity index (χ1) is 8.88. The molecule has 0 amide bonds. The molecule has 104 valence electrons. The molecule has 0 saturated carbocycles. The van der Waals surface area contributed by atoms with Crippen LogP contribution in [0.15, 0.2) is 6.20 Å². The molecule has 1 rings (SSSR count). The standard InChI is InChI=1S/C13H27N5/c1-2-3-4-5-6-7-8-9-10-12(16-14)13-11-15-18-17-13/h11-12,16H,2-10,14H2,1H3,(H,15,17,18). The second-order valence-electron chi connectivity index (χ2n) is 4.88. The van der Waals surface area contributed by atoms with Crippen LogP contribution < -0.4 is 11.3 Å². The molecule has 1 aromatic rings. The Labute approximate surface area is 110 Å². The summed E-state index contributed by atoms with van der Waals surface area (Å²) in [4.78, 5) is 0. The van der Waals surface area contributed by atoms with Gasteiger partial charge in [0.1, 0.15) is 5.69 Å². The summed E-state index contributed by atoms with van der Waals surface area (Å²) in [5.74, 6) is 5.53. The van der Waals surface area contributed by atoms with E-state index in [2.05, 4.69) is 27.8 Å². The van der Waals surface area contributed by atoms with Gasteiger partial charge in [-0.05, 0) is 6.42 Å². The smallest absolute Gasteiger partial charge is 0.101 e. The SMILES string of the molecule is CCCCCCCCCCC(NN)c1cn[nH]n1. The molecule has 0 aromatic carbocycles. The summed E-state index contributed by atoms with van der Waals surface area (Å²) in [5, 5.41) is 10.5. The largest absolute Gasteiger partial charge is 0.271 e. The Morgan fingerprint density at radius 1 is 1.17 bits per heavy atom. The van der Waals surface area contributed by atoms with Gasteiger partial charge in [-0.1, -0.05) is 58.3 Å². The van der Waals surface area contributed by atoms with E-state index in [1.165, 1.54) is 51.4 Å². The third-order valence-electron chi connectivity index (χ3n) is 3.34. The summed E-state index contributed by atoms with van der Waals surface area (Å²) in [7, 11) is 0. The highest BCUT2D eigenvalue weighted by Crippen LogP contribution is 2.17. The van der Waals surface area contributed by atoms with E-state index in [0.717, 1.165) is 12.1 Å². The first-order valence-corrected chi connectivity index (χ1v) is 7.20. The maximum atomic E-state index is 5.53. The van der Waals surface area contributed by atoms with E-state index in [9.17, 15) is 0 Å². The third kappa shape index (κ3) is 6.12. The van der Waals surface area contributed by atoms with Crippen LogP contribution in [0.1, 0.15) is 76.4 Å². The topological polar surface area (TPSA) is 79.6 Å². The molecule has 1 atom stereocenters. The van der Waals surface area contributed by atoms with Crippen LogP contribution >= 0.6 is 0 Å². The monoisotopic (exact) mass is 253 g/mol. The molecule has 5 nitrogen and oxygen atoms in total. The highest BCUT2D eigenvalue weighted by Gasteiger charge is 2.11. The van der Waals surface area contributed by atoms with Gasteiger partial charge in [0.25, 0.3) is 0 Å². The van der Waals surface area contributed by atoms with Crippen molar-refractivity contribution in [1.82, 2.24) is 20.8 Å². The van der Waals surface area contributed by atoms with Gasteiger partial charge in [-0.25, -0.2) is 0 Å². The molecule has 0 radical (unpaired) electrons. The lowest BCUT2D eigenvalue weighted by atomic mass is 10.0. The number of nitrogens with two attached hydrogens (primary N) is 1. The second-order valence-corrected chi connectivity index (χ2v) is 4.88. The molecular formula is C13H27N5. The molecule has 0 fully saturated rings. The van der Waals surface area contributed by atoms with Crippen molar-refractivity contribution < 1.29 is 0 Å². The maximum Gasteiger partial charge on any atom is 0.101 e. The predicted octanol–water partition coefficient (Wildman–Crippen LogP) is 2.84. The number of aromatic nitrogens is 3. The number of rotatable bonds is 11. The fourth-order valence-corrected chi connectivity index (χ4v) is 2.18. The van der Waals surface area contributed by atoms with Crippen LogP contribution in [0.25, 0.3) is 0 Å². The summed E-state index contributed by atoms with van der Waals surface area (Å²) in [6.07, 6.45) is 13.4. The van der Waals surface area contributed by atoms with Gasteiger partial charge in [0.2, 0.25) is 0 Å². The number of nitrogens with one attached hydrogen (secondary N) is 2. The molecule has 0 aliphatic carbocycles. The van der Waals surface area contributed by atoms with Gasteiger partial charge in [-0.15, -0.1) is 0 Å². The summed E-state index contributed by atoms with van der Waals surface area (Å²) >= 11 is 0. The summed E-state index contributed by atoms with van der Waals surface area (Å²) in [5.41, 5.74) is 3.70. The normalized spacial score (nSPS) is 12.8. The zero-order valence-electron chi connectivity index (χ0n) is 11.5. The Morgan fingerprint density at radius 3 is 2.39 bits per heavy atom. The molecule has 0 saturated heterocycles. The molecule has 1 aromatic heterocycles. The fraction of sp³-hybridized carbons (Fsp3) is 0.846. The van der Waals surface area contributed by atoms with E-state index in [1.54, 1.807) is 6.20 Å². The molecular weight excluding hydrogens is 226 g/mol. The van der Waals surface area contributed by atoms with E-state index in [-0.39, 0.29) is 6.04 Å². The van der Waals surface area contributed by atoms with Crippen LogP contribution in [0.3, 0.4) is 0 Å². The highest BCUT2D eigenvalue weighted by molar-refractivity contribution is 4.98. The van der Waals surface area contributed by atoms with Crippen molar-refractivity contribution in [3.8, 4) is 0 Å². The number of nitrogens with zero attached hydrogens (tertiary/aromatic N) is 2. The first-order valence-electron chi connectivity index (χ1n) is 7.20. The zero-order valence-corrected chi connectivity index (χ0v) is 11.5. The number of unbranched alkanes of at least 4 members (excludes halogenated alkanes) is 7. The summed E-state index contributed by atoms with van der Waals surface area (Å²) < 4.78 is 0. The second kappa shape index (κ2) is 10.0. The highest BCUT2D eigenvalue weighted by atomic mass is 15.3. The first kappa shape index (κ1) is 15.1. The molecule has 0 spiro atoms. The lowest BCUT2D eigenvalue weighted by Gasteiger charge is -2.12. The number of hydrogen-bond acceptors (Lipinski definition) is 4. The van der Waals surface area contributed by atoms with Crippen LogP contribution in [0.2, 0.25) is 0 Å². The number of hydrogen-bond donors (Lipinski definition) is 3. The van der Waals surface area contributed by atoms with Gasteiger partial charge in [0.05, 0.1) is 12.2 Å². The minimum absolute atomic E-state index is 0.129. The van der Waals surface area contributed by atoms with Crippen LogP contribution in [-0.4, -0.2) is 15.4 Å². The summed E-state index contributed by atoms with van der Waals surface area (Å²) in [6.45, 7) is 2.25. The molecule has 1 heterocycles. The average molecular weight is 253 g/mol. The third-order valence-corrected chi connectivity index (χ3v) is 3.34. The van der Waals surface area contributed by atoms with E-state index >= 15 is 0 Å². The van der Waals surface area contributed by atoms with Crippen molar-refractivity contribution in [2.75, 3.05) is 0 Å². The molecule has 18 heavy (non-hydrogen) atoms. The van der Waals surface area contributed by atoms with Gasteiger partial charge >= 0.3 is 0 Å². The lowest BCUT2D eigenvalue weighted by molar-refractivity contribution is 0.466. The van der Waals surface area contributed by atoms with Gasteiger partial charge in [0.15, 0.2) is 0 Å². The Hall–Kier alpha value is -0.940. The summed E-state index contributed by atoms with van der Waals surface area (Å²) in [6, 6.07) is 0.129. The molecule has 5 heteroatoms. The van der Waals surface area contributed by atoms with Crippen LogP contribution in [0, 0.1) is 0 Å². The zero-order chi connectivity index (χ0) is 13.1. The Balaban J connectivity index is 1.99. The Bertz CT molecular complexity index is 273. The van der Waals surface area contributed by atoms with E-state index in [1.807, 2.05) is 0 Å². The van der Waals surface area contributed by atoms with Gasteiger partial charge in [-0.3, -0.25) is 11.3 Å². The van der Waals surface area contributed by atoms with Crippen LogP contribution in [-0.2, 0) is 0 Å². The van der Waals surface area contributed by atoms with Crippen molar-refractivity contribution in [3.05, 3.63) is 11.9 Å². The quantitative estimate of drug-likeness (QED) is 0.322. The van der Waals surface area contributed by atoms with Crippen molar-refractivity contribution in [1.29, 1.82) is 0 Å². The molecule has 0 bridgehead atoms. The van der Waals surface area contributed by atoms with Crippen molar-refractivity contribution in [2.24, 2.45) is 5.84 Å². The number of aromatic amines is 1. The Morgan fingerprint density at radius 2 is 1.83 bits per heavy atom. The van der Waals surface area contributed by atoms with Gasteiger partial charge < -0.3 is 0 Å². The fourth-order valence-electron chi connectivity index (χ4n) is 2.18. The maximum absolute atomic E-state index is 5.53. The van der Waals surface area contributed by atoms with Crippen molar-refractivity contribution in [2.45, 2.75) is 70.8 Å². The average Bonchev–Trinajstić information content (AvgIpc) is 2.91. The number of H-pyrrole nitrogens is 1. The van der Waals surface area contributed by atoms with Gasteiger partial charge in [0, 0.05) is 0 Å². The molecule has 0 aliphatic rings. The van der Waals surface area contributed by atoms with Gasteiger partial charge in [-0.2, -0.15) is 15.4 Å². The van der Waals surface area contributed by atoms with Crippen LogP contribution in [0.4, 0.5) is 0 Å². The molecule has 4 N–H and O–H groups in total. The number of hydrazine groups is 1. The Kier molecular flexibility index (Phi) is 8.42. The van der Waals surface area contributed by atoms with Crippen LogP contribution in [0.5, 0.6) is 0 Å². The minimum Gasteiger partial charge on any atom is -0.271 e. The molecule has 0 aliphatic heterocycles. The van der Waals surface area contributed by atoms with E-state index in [0.29, 0.717) is 0 Å². The predicted molar refractivity (Wildman–Crippen MR) is 73.7 cm³/mol.